The normalized spacial score (nSPS) is 12.5. The van der Waals surface area contributed by atoms with Gasteiger partial charge in [0, 0.05) is 11.9 Å². The van der Waals surface area contributed by atoms with Crippen molar-refractivity contribution in [1.29, 1.82) is 0 Å². The second-order valence-electron chi connectivity index (χ2n) is 6.06. The Kier molecular flexibility index (Phi) is 4.17. The molecule has 0 unspecified atom stereocenters. The summed E-state index contributed by atoms with van der Waals surface area (Å²) in [4.78, 5) is 16.9. The minimum Gasteiger partial charge on any atom is -0.438 e. The number of hydrogen-bond donors (Lipinski definition) is 1. The molecule has 3 aromatic rings. The van der Waals surface area contributed by atoms with Crippen LogP contribution in [-0.2, 0) is 12.8 Å². The van der Waals surface area contributed by atoms with E-state index >= 15 is 0 Å². The number of pyridine rings is 1. The third kappa shape index (κ3) is 3.38. The average Bonchev–Trinajstić information content (AvgIpc) is 3.11. The van der Waals surface area contributed by atoms with Crippen LogP contribution in [0.1, 0.15) is 27.9 Å². The molecule has 2 aromatic carbocycles. The van der Waals surface area contributed by atoms with Crippen molar-refractivity contribution in [3.8, 4) is 11.6 Å². The molecule has 4 heteroatoms. The maximum Gasteiger partial charge on any atom is 0.261 e. The SMILES string of the molecule is O=C(Nc1ccc2c(c1)CCC2)c1cccnc1Oc1ccccc1. The van der Waals surface area contributed by atoms with Gasteiger partial charge in [0.25, 0.3) is 5.91 Å². The fourth-order valence-electron chi connectivity index (χ4n) is 3.09. The molecule has 1 N–H and O–H groups in total. The minimum atomic E-state index is -0.225. The Labute approximate surface area is 146 Å². The molecule has 1 aliphatic rings. The van der Waals surface area contributed by atoms with Gasteiger partial charge in [-0.2, -0.15) is 0 Å². The number of nitrogens with zero attached hydrogens (tertiary/aromatic N) is 1. The predicted octanol–water partition coefficient (Wildman–Crippen LogP) is 4.61. The lowest BCUT2D eigenvalue weighted by Gasteiger charge is -2.11. The molecule has 25 heavy (non-hydrogen) atoms. The molecule has 0 saturated heterocycles. The van der Waals surface area contributed by atoms with Crippen molar-refractivity contribution in [2.45, 2.75) is 19.3 Å². The molecule has 4 rings (SSSR count). The molecule has 1 heterocycles. The topological polar surface area (TPSA) is 51.2 Å². The van der Waals surface area contributed by atoms with Crippen LogP contribution in [0.4, 0.5) is 5.69 Å². The van der Waals surface area contributed by atoms with Crippen molar-refractivity contribution in [1.82, 2.24) is 4.98 Å². The van der Waals surface area contributed by atoms with E-state index in [1.807, 2.05) is 36.4 Å². The first kappa shape index (κ1) is 15.4. The molecule has 1 aliphatic carbocycles. The Hall–Kier alpha value is -3.14. The molecule has 0 spiro atoms. The van der Waals surface area contributed by atoms with Crippen LogP contribution in [0.3, 0.4) is 0 Å². The molecule has 0 atom stereocenters. The fourth-order valence-corrected chi connectivity index (χ4v) is 3.09. The van der Waals surface area contributed by atoms with Crippen LogP contribution in [0.2, 0.25) is 0 Å². The molecule has 0 radical (unpaired) electrons. The minimum absolute atomic E-state index is 0.225. The number of aromatic nitrogens is 1. The van der Waals surface area contributed by atoms with Crippen LogP contribution < -0.4 is 10.1 Å². The van der Waals surface area contributed by atoms with E-state index in [4.69, 9.17) is 4.74 Å². The van der Waals surface area contributed by atoms with E-state index in [1.54, 1.807) is 18.3 Å². The van der Waals surface area contributed by atoms with Gasteiger partial charge in [0.2, 0.25) is 5.88 Å². The first-order valence-corrected chi connectivity index (χ1v) is 8.41. The van der Waals surface area contributed by atoms with Gasteiger partial charge in [0.15, 0.2) is 0 Å². The lowest BCUT2D eigenvalue weighted by atomic mass is 10.1. The Bertz CT molecular complexity index is 907. The summed E-state index contributed by atoms with van der Waals surface area (Å²) < 4.78 is 5.77. The number of nitrogens with one attached hydrogen (secondary N) is 1. The molecule has 1 amide bonds. The number of carbonyl (C=O) groups is 1. The number of ether oxygens (including phenoxy) is 1. The van der Waals surface area contributed by atoms with Crippen LogP contribution in [-0.4, -0.2) is 10.9 Å². The van der Waals surface area contributed by atoms with Gasteiger partial charge in [0.05, 0.1) is 0 Å². The van der Waals surface area contributed by atoms with E-state index in [9.17, 15) is 4.79 Å². The molecule has 0 bridgehead atoms. The van der Waals surface area contributed by atoms with E-state index < -0.39 is 0 Å². The lowest BCUT2D eigenvalue weighted by molar-refractivity contribution is 0.102. The number of para-hydroxylation sites is 1. The van der Waals surface area contributed by atoms with Crippen molar-refractivity contribution < 1.29 is 9.53 Å². The van der Waals surface area contributed by atoms with E-state index in [-0.39, 0.29) is 5.91 Å². The summed E-state index contributed by atoms with van der Waals surface area (Å²) in [5, 5.41) is 2.96. The highest BCUT2D eigenvalue weighted by molar-refractivity contribution is 6.05. The Morgan fingerprint density at radius 1 is 0.960 bits per heavy atom. The van der Waals surface area contributed by atoms with Gasteiger partial charge in [-0.1, -0.05) is 24.3 Å². The second kappa shape index (κ2) is 6.77. The van der Waals surface area contributed by atoms with Crippen LogP contribution in [0.15, 0.2) is 66.9 Å². The van der Waals surface area contributed by atoms with Crippen LogP contribution in [0.25, 0.3) is 0 Å². The Morgan fingerprint density at radius 2 is 1.80 bits per heavy atom. The number of rotatable bonds is 4. The third-order valence-electron chi connectivity index (χ3n) is 4.33. The molecule has 124 valence electrons. The van der Waals surface area contributed by atoms with Gasteiger partial charge >= 0.3 is 0 Å². The molecule has 0 fully saturated rings. The first-order chi connectivity index (χ1) is 12.3. The van der Waals surface area contributed by atoms with Gasteiger partial charge in [-0.25, -0.2) is 4.98 Å². The van der Waals surface area contributed by atoms with Crippen molar-refractivity contribution in [3.63, 3.8) is 0 Å². The van der Waals surface area contributed by atoms with Gasteiger partial charge in [-0.15, -0.1) is 0 Å². The van der Waals surface area contributed by atoms with Crippen molar-refractivity contribution >= 4 is 11.6 Å². The number of carbonyl (C=O) groups excluding carboxylic acids is 1. The molecular weight excluding hydrogens is 312 g/mol. The maximum absolute atomic E-state index is 12.7. The van der Waals surface area contributed by atoms with Gasteiger partial charge in [-0.3, -0.25) is 4.79 Å². The lowest BCUT2D eigenvalue weighted by Crippen LogP contribution is -2.13. The molecule has 0 saturated carbocycles. The van der Waals surface area contributed by atoms with E-state index in [0.717, 1.165) is 18.5 Å². The first-order valence-electron chi connectivity index (χ1n) is 8.41. The van der Waals surface area contributed by atoms with Crippen molar-refractivity contribution in [2.24, 2.45) is 0 Å². The number of amides is 1. The van der Waals surface area contributed by atoms with Crippen LogP contribution in [0.5, 0.6) is 11.6 Å². The number of hydrogen-bond acceptors (Lipinski definition) is 3. The molecule has 1 aromatic heterocycles. The number of benzene rings is 2. The average molecular weight is 330 g/mol. The number of aryl methyl sites for hydroxylation is 2. The van der Waals surface area contributed by atoms with E-state index in [0.29, 0.717) is 17.2 Å². The summed E-state index contributed by atoms with van der Waals surface area (Å²) >= 11 is 0. The summed E-state index contributed by atoms with van der Waals surface area (Å²) in [6, 6.07) is 18.9. The summed E-state index contributed by atoms with van der Waals surface area (Å²) in [6.45, 7) is 0. The predicted molar refractivity (Wildman–Crippen MR) is 97.2 cm³/mol. The highest BCUT2D eigenvalue weighted by atomic mass is 16.5. The fraction of sp³-hybridized carbons (Fsp3) is 0.143. The Balaban J connectivity index is 1.56. The smallest absolute Gasteiger partial charge is 0.261 e. The number of anilines is 1. The molecule has 4 nitrogen and oxygen atoms in total. The van der Waals surface area contributed by atoms with Gasteiger partial charge < -0.3 is 10.1 Å². The van der Waals surface area contributed by atoms with Gasteiger partial charge in [-0.05, 0) is 66.8 Å². The third-order valence-corrected chi connectivity index (χ3v) is 4.33. The van der Waals surface area contributed by atoms with Crippen molar-refractivity contribution in [2.75, 3.05) is 5.32 Å². The highest BCUT2D eigenvalue weighted by Crippen LogP contribution is 2.27. The van der Waals surface area contributed by atoms with E-state index in [1.165, 1.54) is 17.5 Å². The molecule has 0 aliphatic heterocycles. The zero-order chi connectivity index (χ0) is 17.1. The summed E-state index contributed by atoms with van der Waals surface area (Å²) in [6.07, 6.45) is 5.00. The highest BCUT2D eigenvalue weighted by Gasteiger charge is 2.16. The zero-order valence-corrected chi connectivity index (χ0v) is 13.7. The largest absolute Gasteiger partial charge is 0.438 e. The number of fused-ring (bicyclic) bond motifs is 1. The van der Waals surface area contributed by atoms with Crippen LogP contribution in [0, 0.1) is 0 Å². The summed E-state index contributed by atoms with van der Waals surface area (Å²) in [5.74, 6) is 0.720. The monoisotopic (exact) mass is 330 g/mol. The molecular formula is C21H18N2O2. The summed E-state index contributed by atoms with van der Waals surface area (Å²) in [7, 11) is 0. The van der Waals surface area contributed by atoms with Crippen molar-refractivity contribution in [3.05, 3.63) is 83.6 Å². The Morgan fingerprint density at radius 3 is 2.68 bits per heavy atom. The summed E-state index contributed by atoms with van der Waals surface area (Å²) in [5.41, 5.74) is 3.92. The van der Waals surface area contributed by atoms with E-state index in [2.05, 4.69) is 22.4 Å². The standard InChI is InChI=1S/C21H18N2O2/c24-20(23-17-12-11-15-6-4-7-16(15)14-17)19-10-5-13-22-21(19)25-18-8-2-1-3-9-18/h1-3,5,8-14H,4,6-7H2,(H,23,24). The second-order valence-corrected chi connectivity index (χ2v) is 6.06. The zero-order valence-electron chi connectivity index (χ0n) is 13.7. The van der Waals surface area contributed by atoms with Gasteiger partial charge in [0.1, 0.15) is 11.3 Å². The maximum atomic E-state index is 12.7. The van der Waals surface area contributed by atoms with Crippen LogP contribution >= 0.6 is 0 Å². The quantitative estimate of drug-likeness (QED) is 0.760.